The molecule has 7 heteroatoms. The summed E-state index contributed by atoms with van der Waals surface area (Å²) < 4.78 is 5.76. The Hall–Kier alpha value is -2.44. The molecule has 0 aliphatic rings. The molecule has 0 aliphatic heterocycles. The second-order valence-electron chi connectivity index (χ2n) is 4.96. The van der Waals surface area contributed by atoms with Crippen LogP contribution in [0.4, 0.5) is 11.6 Å². The highest BCUT2D eigenvalue weighted by Gasteiger charge is 2.07. The molecule has 1 aromatic heterocycles. The zero-order valence-corrected chi connectivity index (χ0v) is 14.2. The Bertz CT molecular complexity index is 825. The van der Waals surface area contributed by atoms with Gasteiger partial charge in [-0.05, 0) is 17.7 Å². The predicted molar refractivity (Wildman–Crippen MR) is 97.2 cm³/mol. The largest absolute Gasteiger partial charge is 0.489 e. The number of halogens is 1. The van der Waals surface area contributed by atoms with E-state index in [2.05, 4.69) is 9.97 Å². The normalized spacial score (nSPS) is 10.5. The van der Waals surface area contributed by atoms with Crippen LogP contribution in [0, 0.1) is 0 Å². The summed E-state index contributed by atoms with van der Waals surface area (Å²) in [6, 6.07) is 17.1. The number of aromatic nitrogens is 2. The lowest BCUT2D eigenvalue weighted by atomic mass is 10.2. The second-order valence-corrected chi connectivity index (χ2v) is 6.41. The van der Waals surface area contributed by atoms with Crippen molar-refractivity contribution >= 4 is 35.0 Å². The average molecular weight is 359 g/mol. The molecule has 0 bridgehead atoms. The summed E-state index contributed by atoms with van der Waals surface area (Å²) in [5, 5.41) is 0.934. The molecule has 5 nitrogen and oxygen atoms in total. The standard InChI is InChI=1S/C17H15ClN4OS/c18-15-9-16(22-17(20)21-15)24-14-7-6-12(8-13(14)19)23-10-11-4-2-1-3-5-11/h1-9H,10,19H2,(H2,20,21,22). The van der Waals surface area contributed by atoms with Gasteiger partial charge in [0.15, 0.2) is 0 Å². The molecular formula is C17H15ClN4OS. The lowest BCUT2D eigenvalue weighted by Crippen LogP contribution is -1.98. The Balaban J connectivity index is 1.70. The van der Waals surface area contributed by atoms with Crippen LogP contribution < -0.4 is 16.2 Å². The summed E-state index contributed by atoms with van der Waals surface area (Å²) in [6.45, 7) is 0.491. The van der Waals surface area contributed by atoms with Gasteiger partial charge in [-0.3, -0.25) is 0 Å². The fourth-order valence-corrected chi connectivity index (χ4v) is 3.13. The summed E-state index contributed by atoms with van der Waals surface area (Å²) in [5.41, 5.74) is 13.4. The molecule has 1 heterocycles. The minimum atomic E-state index is 0.131. The number of ether oxygens (including phenoxy) is 1. The summed E-state index contributed by atoms with van der Waals surface area (Å²) in [4.78, 5) is 8.80. The van der Waals surface area contributed by atoms with Crippen LogP contribution in [0.1, 0.15) is 5.56 Å². The first-order chi connectivity index (χ1) is 11.6. The third-order valence-corrected chi connectivity index (χ3v) is 4.34. The Labute approximate surface area is 149 Å². The first-order valence-corrected chi connectivity index (χ1v) is 8.34. The van der Waals surface area contributed by atoms with Crippen molar-refractivity contribution in [2.24, 2.45) is 0 Å². The van der Waals surface area contributed by atoms with Crippen molar-refractivity contribution in [3.63, 3.8) is 0 Å². The average Bonchev–Trinajstić information content (AvgIpc) is 2.55. The van der Waals surface area contributed by atoms with Crippen molar-refractivity contribution < 1.29 is 4.74 Å². The van der Waals surface area contributed by atoms with Gasteiger partial charge in [0, 0.05) is 22.7 Å². The lowest BCUT2D eigenvalue weighted by Gasteiger charge is -2.10. The number of rotatable bonds is 5. The fraction of sp³-hybridized carbons (Fsp3) is 0.0588. The highest BCUT2D eigenvalue weighted by Crippen LogP contribution is 2.34. The van der Waals surface area contributed by atoms with E-state index in [-0.39, 0.29) is 5.95 Å². The van der Waals surface area contributed by atoms with Crippen LogP contribution in [0.2, 0.25) is 5.15 Å². The Morgan fingerprint density at radius 2 is 1.79 bits per heavy atom. The van der Waals surface area contributed by atoms with E-state index in [0.29, 0.717) is 28.2 Å². The van der Waals surface area contributed by atoms with Gasteiger partial charge in [-0.15, -0.1) is 0 Å². The zero-order chi connectivity index (χ0) is 16.9. The number of nitrogens with two attached hydrogens (primary N) is 2. The van der Waals surface area contributed by atoms with E-state index in [1.165, 1.54) is 11.8 Å². The van der Waals surface area contributed by atoms with Gasteiger partial charge >= 0.3 is 0 Å². The SMILES string of the molecule is Nc1nc(Cl)cc(Sc2ccc(OCc3ccccc3)cc2N)n1. The summed E-state index contributed by atoms with van der Waals surface area (Å²) in [7, 11) is 0. The number of nitrogen functional groups attached to an aromatic ring is 2. The highest BCUT2D eigenvalue weighted by molar-refractivity contribution is 7.99. The highest BCUT2D eigenvalue weighted by atomic mass is 35.5. The Kier molecular flexibility index (Phi) is 5.08. The van der Waals surface area contributed by atoms with E-state index < -0.39 is 0 Å². The summed E-state index contributed by atoms with van der Waals surface area (Å²) >= 11 is 7.25. The number of nitrogens with zero attached hydrogens (tertiary/aromatic N) is 2. The lowest BCUT2D eigenvalue weighted by molar-refractivity contribution is 0.306. The van der Waals surface area contributed by atoms with Crippen LogP contribution >= 0.6 is 23.4 Å². The molecule has 0 aliphatic carbocycles. The van der Waals surface area contributed by atoms with E-state index in [0.717, 1.165) is 10.5 Å². The quantitative estimate of drug-likeness (QED) is 0.529. The Morgan fingerprint density at radius 1 is 1.00 bits per heavy atom. The van der Waals surface area contributed by atoms with E-state index in [4.69, 9.17) is 27.8 Å². The number of benzene rings is 2. The third-order valence-electron chi connectivity index (χ3n) is 3.13. The van der Waals surface area contributed by atoms with Crippen LogP contribution in [0.25, 0.3) is 0 Å². The first kappa shape index (κ1) is 16.4. The molecule has 0 fully saturated rings. The third kappa shape index (κ3) is 4.31. The van der Waals surface area contributed by atoms with Crippen molar-refractivity contribution in [2.75, 3.05) is 11.5 Å². The van der Waals surface area contributed by atoms with Gasteiger partial charge < -0.3 is 16.2 Å². The van der Waals surface area contributed by atoms with Crippen LogP contribution in [-0.2, 0) is 6.61 Å². The number of hydrogen-bond donors (Lipinski definition) is 2. The summed E-state index contributed by atoms with van der Waals surface area (Å²) in [6.07, 6.45) is 0. The van der Waals surface area contributed by atoms with Crippen molar-refractivity contribution in [2.45, 2.75) is 16.5 Å². The van der Waals surface area contributed by atoms with Crippen molar-refractivity contribution in [3.8, 4) is 5.75 Å². The van der Waals surface area contributed by atoms with Crippen LogP contribution in [0.3, 0.4) is 0 Å². The van der Waals surface area contributed by atoms with E-state index in [1.54, 1.807) is 12.1 Å². The van der Waals surface area contributed by atoms with Gasteiger partial charge in [0.1, 0.15) is 22.5 Å². The number of hydrogen-bond acceptors (Lipinski definition) is 6. The van der Waals surface area contributed by atoms with Crippen LogP contribution in [0.5, 0.6) is 5.75 Å². The van der Waals surface area contributed by atoms with Crippen molar-refractivity contribution in [1.29, 1.82) is 0 Å². The predicted octanol–water partition coefficient (Wildman–Crippen LogP) is 4.02. The van der Waals surface area contributed by atoms with Gasteiger partial charge in [0.25, 0.3) is 0 Å². The van der Waals surface area contributed by atoms with E-state index in [9.17, 15) is 0 Å². The first-order valence-electron chi connectivity index (χ1n) is 7.14. The zero-order valence-electron chi connectivity index (χ0n) is 12.6. The van der Waals surface area contributed by atoms with Gasteiger partial charge in [0.05, 0.1) is 0 Å². The maximum Gasteiger partial charge on any atom is 0.222 e. The minimum Gasteiger partial charge on any atom is -0.489 e. The van der Waals surface area contributed by atoms with Crippen LogP contribution in [-0.4, -0.2) is 9.97 Å². The van der Waals surface area contributed by atoms with E-state index in [1.807, 2.05) is 42.5 Å². The topological polar surface area (TPSA) is 87.0 Å². The monoisotopic (exact) mass is 358 g/mol. The van der Waals surface area contributed by atoms with Crippen molar-refractivity contribution in [1.82, 2.24) is 9.97 Å². The molecule has 0 atom stereocenters. The second kappa shape index (κ2) is 7.42. The maximum atomic E-state index is 6.11. The molecule has 2 aromatic carbocycles. The molecular weight excluding hydrogens is 344 g/mol. The smallest absolute Gasteiger partial charge is 0.222 e. The van der Waals surface area contributed by atoms with Gasteiger partial charge in [-0.2, -0.15) is 0 Å². The molecule has 4 N–H and O–H groups in total. The molecule has 0 saturated carbocycles. The molecule has 0 radical (unpaired) electrons. The maximum absolute atomic E-state index is 6.11. The van der Waals surface area contributed by atoms with E-state index >= 15 is 0 Å². The Morgan fingerprint density at radius 3 is 2.50 bits per heavy atom. The fourth-order valence-electron chi connectivity index (χ4n) is 2.03. The van der Waals surface area contributed by atoms with Gasteiger partial charge in [-0.1, -0.05) is 53.7 Å². The molecule has 0 saturated heterocycles. The summed E-state index contributed by atoms with van der Waals surface area (Å²) in [5.74, 6) is 0.840. The molecule has 3 rings (SSSR count). The van der Waals surface area contributed by atoms with Gasteiger partial charge in [-0.25, -0.2) is 9.97 Å². The molecule has 0 amide bonds. The van der Waals surface area contributed by atoms with Gasteiger partial charge in [0.2, 0.25) is 5.95 Å². The molecule has 0 spiro atoms. The molecule has 0 unspecified atom stereocenters. The van der Waals surface area contributed by atoms with Crippen molar-refractivity contribution in [3.05, 3.63) is 65.3 Å². The van der Waals surface area contributed by atoms with Crippen LogP contribution in [0.15, 0.2) is 64.5 Å². The molecule has 3 aromatic rings. The molecule has 122 valence electrons. The minimum absolute atomic E-state index is 0.131. The molecule has 24 heavy (non-hydrogen) atoms. The number of anilines is 2.